The molecule has 708 valence electrons. The Bertz CT molecular complexity index is 4110. The third-order valence-electron chi connectivity index (χ3n) is 19.0. The number of likely N-dealkylation sites (tertiary alicyclic amines) is 1. The van der Waals surface area contributed by atoms with E-state index in [0.29, 0.717) is 0 Å². The molecule has 2 rings (SSSR count). The molecule has 127 heavy (non-hydrogen) atoms. The van der Waals surface area contributed by atoms with Gasteiger partial charge in [0.25, 0.3) is 0 Å². The standard InChI is InChI=1S/C72H114N24O31/c1-6-31(4)55(69(124)93-44(27-97)66(121)92-45(28-98)67(122)95-56(32(5)99)71(126)127)94-61(116)38(12-15-48(75)101)86-60(115)37(11-14-47(74)100)85-58(113)35(9-7-17-80-72(77)78)84-59(114)36(13-16-51(104)105)83-50(103)26-81-68(123)46-10-8-18-96(46)70(125)43(20-33-25-79-29-82-33)91-65(120)42(24-54(110)111)89-62(117)39(19-30(2)3)88-64(119)41(23-53(108)109)90-63(118)40(22-49(76)102)87-57(112)34(73)21-52(106)107/h25,29-32,34-46,55-56,97-99H,6-24,26-28,73H2,1-5H3,(H2,74,100)(H2,75,101)(H2,76,102)(H,79,82)(H,81,123)(H,83,103)(H,84,114)(H,85,113)(H,86,115)(H,87,112)(H,88,119)(H,89,117)(H,90,118)(H,91,120)(H,92,121)(H,93,124)(H,94,116)(H,95,122)(H,104,105)(H,106,107)(H,108,109)(H,110,111)(H,126,127)(H4,77,78,80)/t31-,32+,34-,35-,36-,37-,38-,39-,40-,41-,42-,43-,44-,45-,46-,55-,56-/m0/s1. The van der Waals surface area contributed by atoms with Crippen molar-refractivity contribution in [2.24, 2.45) is 40.5 Å². The Morgan fingerprint density at radius 3 is 1.33 bits per heavy atom. The number of nitrogens with zero attached hydrogens (tertiary/aromatic N) is 2. The van der Waals surface area contributed by atoms with Crippen LogP contribution in [0.1, 0.15) is 143 Å². The maximum atomic E-state index is 14.7. The predicted octanol–water partition coefficient (Wildman–Crippen LogP) is -13.8. The van der Waals surface area contributed by atoms with E-state index < -0.39 is 348 Å². The molecule has 0 radical (unpaired) electrons. The van der Waals surface area contributed by atoms with E-state index in [1.807, 2.05) is 21.3 Å². The average Bonchev–Trinajstić information content (AvgIpc) is 1.71. The molecule has 1 aliphatic heterocycles. The number of carbonyl (C=O) groups is 23. The van der Waals surface area contributed by atoms with E-state index in [1.165, 1.54) is 33.3 Å². The molecule has 18 amide bonds. The quantitative estimate of drug-likeness (QED) is 0.0164. The topological polar surface area (TPSA) is 921 Å². The van der Waals surface area contributed by atoms with Crippen molar-refractivity contribution in [3.8, 4) is 0 Å². The molecule has 0 aliphatic carbocycles. The molecule has 1 aliphatic rings. The number of hydrogen-bond donors (Lipinski definition) is 30. The summed E-state index contributed by atoms with van der Waals surface area (Å²) in [6, 6.07) is -27.9. The molecular weight excluding hydrogens is 1700 g/mol. The van der Waals surface area contributed by atoms with Crippen LogP contribution in [0.25, 0.3) is 0 Å². The van der Waals surface area contributed by atoms with Gasteiger partial charge in [0.05, 0.1) is 63.9 Å². The molecule has 55 nitrogen and oxygen atoms in total. The highest BCUT2D eigenvalue weighted by atomic mass is 16.4. The van der Waals surface area contributed by atoms with Crippen molar-refractivity contribution in [2.45, 2.75) is 241 Å². The monoisotopic (exact) mass is 1810 g/mol. The van der Waals surface area contributed by atoms with E-state index in [2.05, 4.69) is 68.5 Å². The Morgan fingerprint density at radius 1 is 0.480 bits per heavy atom. The Labute approximate surface area is 722 Å². The van der Waals surface area contributed by atoms with Gasteiger partial charge in [-0.15, -0.1) is 0 Å². The van der Waals surface area contributed by atoms with E-state index in [9.17, 15) is 146 Å². The van der Waals surface area contributed by atoms with Crippen molar-refractivity contribution in [1.29, 1.82) is 5.41 Å². The third kappa shape index (κ3) is 40.1. The van der Waals surface area contributed by atoms with Crippen LogP contribution in [0, 0.1) is 17.2 Å². The Balaban J connectivity index is 2.51. The van der Waals surface area contributed by atoms with Crippen LogP contribution in [0.2, 0.25) is 0 Å². The zero-order chi connectivity index (χ0) is 96.4. The van der Waals surface area contributed by atoms with Crippen molar-refractivity contribution in [3.05, 3.63) is 18.2 Å². The Hall–Kier alpha value is -13.9. The van der Waals surface area contributed by atoms with Gasteiger partial charge in [0.1, 0.15) is 78.5 Å². The highest BCUT2D eigenvalue weighted by Crippen LogP contribution is 2.21. The van der Waals surface area contributed by atoms with Crippen molar-refractivity contribution in [2.75, 3.05) is 32.8 Å². The normalized spacial score (nSPS) is 16.0. The number of aromatic nitrogens is 2. The minimum Gasteiger partial charge on any atom is -0.481 e. The van der Waals surface area contributed by atoms with Gasteiger partial charge in [-0.2, -0.15) is 0 Å². The first-order chi connectivity index (χ1) is 59.4. The maximum Gasteiger partial charge on any atom is 0.328 e. The van der Waals surface area contributed by atoms with Gasteiger partial charge in [-0.25, -0.2) is 9.78 Å². The molecule has 0 unspecified atom stereocenters. The molecule has 0 spiro atoms. The molecule has 0 aromatic carbocycles. The fourth-order valence-electron chi connectivity index (χ4n) is 12.2. The summed E-state index contributed by atoms with van der Waals surface area (Å²) in [5.74, 6) is -32.4. The van der Waals surface area contributed by atoms with E-state index in [-0.39, 0.29) is 50.9 Å². The Morgan fingerprint density at radius 2 is 0.890 bits per heavy atom. The second-order valence-corrected chi connectivity index (χ2v) is 29.8. The van der Waals surface area contributed by atoms with E-state index in [0.717, 1.165) is 11.8 Å². The van der Waals surface area contributed by atoms with Gasteiger partial charge in [0, 0.05) is 50.7 Å². The van der Waals surface area contributed by atoms with Crippen molar-refractivity contribution >= 4 is 142 Å². The number of aliphatic hydroxyl groups is 3. The molecule has 17 atom stereocenters. The maximum absolute atomic E-state index is 14.7. The number of guanidine groups is 1. The number of nitrogens with two attached hydrogens (primary N) is 5. The fourth-order valence-corrected chi connectivity index (χ4v) is 12.2. The summed E-state index contributed by atoms with van der Waals surface area (Å²) in [6.45, 7) is 3.32. The van der Waals surface area contributed by atoms with Gasteiger partial charge in [0.15, 0.2) is 12.0 Å². The number of H-pyrrole nitrogens is 1. The summed E-state index contributed by atoms with van der Waals surface area (Å²) >= 11 is 0. The predicted molar refractivity (Wildman–Crippen MR) is 429 cm³/mol. The van der Waals surface area contributed by atoms with E-state index in [4.69, 9.17) is 39.2 Å². The second kappa shape index (κ2) is 54.7. The summed E-state index contributed by atoms with van der Waals surface area (Å²) < 4.78 is 0. The summed E-state index contributed by atoms with van der Waals surface area (Å²) in [6.07, 6.45) is -9.18. The summed E-state index contributed by atoms with van der Waals surface area (Å²) in [5, 5.41) is 119. The van der Waals surface area contributed by atoms with Crippen LogP contribution < -0.4 is 108 Å². The molecule has 1 saturated heterocycles. The van der Waals surface area contributed by atoms with Crippen LogP contribution in [0.4, 0.5) is 0 Å². The zero-order valence-electron chi connectivity index (χ0n) is 69.9. The third-order valence-corrected chi connectivity index (χ3v) is 19.0. The molecule has 1 fully saturated rings. The number of rotatable bonds is 60. The van der Waals surface area contributed by atoms with Crippen molar-refractivity contribution < 1.29 is 151 Å². The first-order valence-electron chi connectivity index (χ1n) is 39.6. The number of nitrogens with one attached hydrogen (secondary N) is 17. The lowest BCUT2D eigenvalue weighted by atomic mass is 9.97. The molecule has 1 aromatic rings. The number of imidazole rings is 1. The lowest BCUT2D eigenvalue weighted by molar-refractivity contribution is -0.145. The average molecular weight is 1810 g/mol. The minimum atomic E-state index is -2.13. The number of carboxylic acids is 5. The van der Waals surface area contributed by atoms with Crippen LogP contribution in [-0.4, -0.2) is 327 Å². The van der Waals surface area contributed by atoms with Crippen LogP contribution in [0.3, 0.4) is 0 Å². The fraction of sp³-hybridized carbons (Fsp3) is 0.625. The van der Waals surface area contributed by atoms with Gasteiger partial charge in [-0.05, 0) is 70.1 Å². The smallest absolute Gasteiger partial charge is 0.328 e. The largest absolute Gasteiger partial charge is 0.481 e. The number of aliphatic carboxylic acids is 5. The number of primary amides is 3. The van der Waals surface area contributed by atoms with Crippen LogP contribution in [0.5, 0.6) is 0 Å². The molecule has 35 N–H and O–H groups in total. The molecule has 2 heterocycles. The first-order valence-corrected chi connectivity index (χ1v) is 39.6. The van der Waals surface area contributed by atoms with Crippen molar-refractivity contribution in [3.63, 3.8) is 0 Å². The number of carbonyl (C=O) groups excluding carboxylic acids is 18. The van der Waals surface area contributed by atoms with Crippen LogP contribution in [-0.2, 0) is 117 Å². The summed E-state index contributed by atoms with van der Waals surface area (Å²) in [4.78, 5) is 312. The Kier molecular flexibility index (Phi) is 47.0. The van der Waals surface area contributed by atoms with Gasteiger partial charge in [-0.3, -0.25) is 111 Å². The van der Waals surface area contributed by atoms with Gasteiger partial charge in [0.2, 0.25) is 106 Å². The zero-order valence-corrected chi connectivity index (χ0v) is 69.9. The lowest BCUT2D eigenvalue weighted by Crippen LogP contribution is -2.62. The number of amides is 18. The number of aliphatic hydroxyl groups excluding tert-OH is 3. The molecular formula is C72H114N24O31. The van der Waals surface area contributed by atoms with Gasteiger partial charge >= 0.3 is 29.8 Å². The van der Waals surface area contributed by atoms with Crippen LogP contribution >= 0.6 is 0 Å². The molecule has 1 aromatic heterocycles. The van der Waals surface area contributed by atoms with E-state index in [1.54, 1.807) is 6.92 Å². The summed E-state index contributed by atoms with van der Waals surface area (Å²) in [5.41, 5.74) is 27.2. The lowest BCUT2D eigenvalue weighted by Gasteiger charge is -2.30. The number of hydrogen-bond acceptors (Lipinski definition) is 29. The summed E-state index contributed by atoms with van der Waals surface area (Å²) in [7, 11) is 0. The van der Waals surface area contributed by atoms with Crippen molar-refractivity contribution in [1.82, 2.24) is 94.6 Å². The molecule has 0 bridgehead atoms. The first kappa shape index (κ1) is 109. The minimum absolute atomic E-state index is 0.0889. The number of carboxylic acid groups (broad SMARTS) is 5. The van der Waals surface area contributed by atoms with Crippen LogP contribution in [0.15, 0.2) is 12.5 Å². The molecule has 0 saturated carbocycles. The highest BCUT2D eigenvalue weighted by Gasteiger charge is 2.43. The highest BCUT2D eigenvalue weighted by molar-refractivity contribution is 6.02. The van der Waals surface area contributed by atoms with E-state index >= 15 is 0 Å². The molecule has 55 heteroatoms. The SMILES string of the molecule is CC[C@H](C)[C@H](NC(=O)[C@H](CCC(N)=O)NC(=O)[C@H](CCC(N)=O)NC(=O)[C@H](CCCNC(=N)N)NC(=O)[C@H](CCC(=O)O)NC(=O)CNC(=O)[C@@H]1CCCN1C(=O)[C@H](Cc1cnc[nH]1)NC(=O)[C@H](CC(=O)O)NC(=O)[C@H](CC(C)C)NC(=O)[C@H](CC(=O)O)NC(=O)[C@H](CC(N)=O)NC(=O)[C@@H](N)CC(=O)O)C(=O)N[C@@H](CO)C(=O)N[C@@H](CO)C(=O)N[C@H](C(=O)O)[C@@H](C)O. The second-order valence-electron chi connectivity index (χ2n) is 29.8. The number of aromatic amines is 1. The van der Waals surface area contributed by atoms with Gasteiger partial charge in [-0.1, -0.05) is 34.1 Å². The van der Waals surface area contributed by atoms with Gasteiger partial charge < -0.3 is 159 Å².